The van der Waals surface area contributed by atoms with Gasteiger partial charge in [-0.1, -0.05) is 0 Å². The molecule has 0 unspecified atom stereocenters. The minimum absolute atomic E-state index is 0.0360. The van der Waals surface area contributed by atoms with E-state index in [-0.39, 0.29) is 22.9 Å². The van der Waals surface area contributed by atoms with Gasteiger partial charge in [-0.05, 0) is 49.9 Å². The Morgan fingerprint density at radius 3 is 2.32 bits per heavy atom. The van der Waals surface area contributed by atoms with Gasteiger partial charge >= 0.3 is 0 Å². The van der Waals surface area contributed by atoms with Crippen molar-refractivity contribution in [3.05, 3.63) is 52.8 Å². The second-order valence-electron chi connectivity index (χ2n) is 5.72. The first-order valence-electron chi connectivity index (χ1n) is 7.39. The fourth-order valence-electron chi connectivity index (χ4n) is 3.40. The van der Waals surface area contributed by atoms with E-state index in [0.717, 1.165) is 12.8 Å². The minimum Gasteiger partial charge on any atom is -0.508 e. The van der Waals surface area contributed by atoms with E-state index in [1.807, 2.05) is 0 Å². The van der Waals surface area contributed by atoms with Gasteiger partial charge in [-0.15, -0.1) is 0 Å². The molecule has 1 heterocycles. The lowest BCUT2D eigenvalue weighted by Crippen LogP contribution is -2.25. The highest BCUT2D eigenvalue weighted by Gasteiger charge is 2.35. The number of carbonyl (C=O) groups excluding carboxylic acids is 2. The van der Waals surface area contributed by atoms with Crippen molar-refractivity contribution in [1.82, 2.24) is 0 Å². The van der Waals surface area contributed by atoms with Gasteiger partial charge in [-0.25, -0.2) is 0 Å². The predicted octanol–water partition coefficient (Wildman–Crippen LogP) is 3.90. The van der Waals surface area contributed by atoms with Crippen LogP contribution in [0, 0.1) is 0 Å². The molecule has 0 fully saturated rings. The van der Waals surface area contributed by atoms with Gasteiger partial charge < -0.3 is 9.52 Å². The molecule has 0 atom stereocenters. The number of rotatable bonds is 1. The summed E-state index contributed by atoms with van der Waals surface area (Å²) in [6.45, 7) is 0. The molecule has 0 aliphatic heterocycles. The maximum absolute atomic E-state index is 12.9. The summed E-state index contributed by atoms with van der Waals surface area (Å²) >= 11 is 0. The number of hydrogen-bond acceptors (Lipinski definition) is 4. The SMILES string of the molecule is O=C1C2=C(CCCC2)C(=O)c2c1cc(O)cc2-c1ccco1. The molecule has 1 aromatic heterocycles. The van der Waals surface area contributed by atoms with E-state index in [0.29, 0.717) is 40.9 Å². The zero-order valence-electron chi connectivity index (χ0n) is 11.9. The van der Waals surface area contributed by atoms with Gasteiger partial charge in [0, 0.05) is 27.8 Å². The van der Waals surface area contributed by atoms with Crippen molar-refractivity contribution in [1.29, 1.82) is 0 Å². The Labute approximate surface area is 127 Å². The molecular formula is C18H14O4. The molecule has 1 N–H and O–H groups in total. The Kier molecular flexibility index (Phi) is 2.79. The normalized spacial score (nSPS) is 17.5. The maximum atomic E-state index is 12.9. The summed E-state index contributed by atoms with van der Waals surface area (Å²) in [4.78, 5) is 25.6. The summed E-state index contributed by atoms with van der Waals surface area (Å²) in [5, 5.41) is 9.95. The highest BCUT2D eigenvalue weighted by Crippen LogP contribution is 2.40. The molecular weight excluding hydrogens is 280 g/mol. The van der Waals surface area contributed by atoms with Crippen LogP contribution in [0.5, 0.6) is 5.75 Å². The van der Waals surface area contributed by atoms with Crippen molar-refractivity contribution in [2.24, 2.45) is 0 Å². The van der Waals surface area contributed by atoms with E-state index in [2.05, 4.69) is 0 Å². The van der Waals surface area contributed by atoms with Gasteiger partial charge in [0.1, 0.15) is 11.5 Å². The highest BCUT2D eigenvalue weighted by molar-refractivity contribution is 6.29. The van der Waals surface area contributed by atoms with Crippen LogP contribution in [0.2, 0.25) is 0 Å². The van der Waals surface area contributed by atoms with Gasteiger partial charge in [-0.3, -0.25) is 9.59 Å². The number of furan rings is 1. The van der Waals surface area contributed by atoms with E-state index in [9.17, 15) is 14.7 Å². The van der Waals surface area contributed by atoms with Gasteiger partial charge in [0.05, 0.1) is 6.26 Å². The molecule has 1 aromatic carbocycles. The van der Waals surface area contributed by atoms with Gasteiger partial charge in [0.2, 0.25) is 0 Å². The molecule has 0 radical (unpaired) electrons. The lowest BCUT2D eigenvalue weighted by molar-refractivity contribution is 0.0964. The van der Waals surface area contributed by atoms with E-state index in [1.54, 1.807) is 12.1 Å². The molecule has 0 amide bonds. The molecule has 4 nitrogen and oxygen atoms in total. The number of phenolic OH excluding ortho intramolecular Hbond substituents is 1. The van der Waals surface area contributed by atoms with E-state index < -0.39 is 0 Å². The number of Topliss-reactive ketones (excluding diaryl/α,β-unsaturated/α-hetero) is 2. The van der Waals surface area contributed by atoms with Crippen LogP contribution in [0.15, 0.2) is 46.1 Å². The summed E-state index contributed by atoms with van der Waals surface area (Å²) in [7, 11) is 0. The molecule has 4 rings (SSSR count). The molecule has 0 bridgehead atoms. The fraction of sp³-hybridized carbons (Fsp3) is 0.222. The molecule has 110 valence electrons. The number of carbonyl (C=O) groups is 2. The van der Waals surface area contributed by atoms with Crippen LogP contribution in [-0.4, -0.2) is 16.7 Å². The van der Waals surface area contributed by atoms with Crippen molar-refractivity contribution < 1.29 is 19.1 Å². The van der Waals surface area contributed by atoms with Crippen molar-refractivity contribution in [2.75, 3.05) is 0 Å². The molecule has 2 aliphatic rings. The number of allylic oxidation sites excluding steroid dienone is 2. The molecule has 0 spiro atoms. The van der Waals surface area contributed by atoms with Crippen LogP contribution in [0.25, 0.3) is 11.3 Å². The lowest BCUT2D eigenvalue weighted by atomic mass is 9.76. The Bertz CT molecular complexity index is 825. The van der Waals surface area contributed by atoms with E-state index in [4.69, 9.17) is 4.42 Å². The number of hydrogen-bond donors (Lipinski definition) is 1. The van der Waals surface area contributed by atoms with Crippen LogP contribution < -0.4 is 0 Å². The summed E-state index contributed by atoms with van der Waals surface area (Å²) in [5.41, 5.74) is 2.40. The molecule has 4 heteroatoms. The van der Waals surface area contributed by atoms with Crippen molar-refractivity contribution in [3.63, 3.8) is 0 Å². The predicted molar refractivity (Wildman–Crippen MR) is 80.0 cm³/mol. The largest absolute Gasteiger partial charge is 0.508 e. The molecule has 22 heavy (non-hydrogen) atoms. The Hall–Kier alpha value is -2.62. The first kappa shape index (κ1) is 13.1. The number of fused-ring (bicyclic) bond motifs is 1. The summed E-state index contributed by atoms with van der Waals surface area (Å²) in [5.74, 6) is 0.211. The Balaban J connectivity index is 2.00. The Morgan fingerprint density at radius 1 is 0.955 bits per heavy atom. The summed E-state index contributed by atoms with van der Waals surface area (Å²) in [6, 6.07) is 6.31. The minimum atomic E-state index is -0.131. The van der Waals surface area contributed by atoms with Crippen molar-refractivity contribution in [3.8, 4) is 17.1 Å². The second kappa shape index (κ2) is 4.70. The van der Waals surface area contributed by atoms with Crippen molar-refractivity contribution in [2.45, 2.75) is 25.7 Å². The fourth-order valence-corrected chi connectivity index (χ4v) is 3.40. The first-order valence-corrected chi connectivity index (χ1v) is 7.39. The third kappa shape index (κ3) is 1.77. The summed E-state index contributed by atoms with van der Waals surface area (Å²) in [6.07, 6.45) is 4.66. The van der Waals surface area contributed by atoms with Crippen LogP contribution in [0.4, 0.5) is 0 Å². The van der Waals surface area contributed by atoms with Crippen LogP contribution in [-0.2, 0) is 0 Å². The van der Waals surface area contributed by atoms with E-state index in [1.165, 1.54) is 18.4 Å². The second-order valence-corrected chi connectivity index (χ2v) is 5.72. The number of benzene rings is 1. The monoisotopic (exact) mass is 294 g/mol. The third-order valence-corrected chi connectivity index (χ3v) is 4.40. The van der Waals surface area contributed by atoms with Crippen LogP contribution in [0.3, 0.4) is 0 Å². The average molecular weight is 294 g/mol. The van der Waals surface area contributed by atoms with E-state index >= 15 is 0 Å². The highest BCUT2D eigenvalue weighted by atomic mass is 16.3. The quantitative estimate of drug-likeness (QED) is 0.866. The zero-order chi connectivity index (χ0) is 15.3. The van der Waals surface area contributed by atoms with Gasteiger partial charge in [0.15, 0.2) is 11.6 Å². The first-order chi connectivity index (χ1) is 10.7. The molecule has 0 saturated carbocycles. The number of phenols is 1. The number of ketones is 2. The van der Waals surface area contributed by atoms with Crippen LogP contribution >= 0.6 is 0 Å². The summed E-state index contributed by atoms with van der Waals surface area (Å²) < 4.78 is 5.37. The Morgan fingerprint density at radius 2 is 1.64 bits per heavy atom. The number of aromatic hydroxyl groups is 1. The van der Waals surface area contributed by atoms with Crippen LogP contribution in [0.1, 0.15) is 46.4 Å². The molecule has 2 aliphatic carbocycles. The third-order valence-electron chi connectivity index (χ3n) is 4.40. The zero-order valence-corrected chi connectivity index (χ0v) is 11.9. The molecule has 2 aromatic rings. The standard InChI is InChI=1S/C18H14O4/c19-10-8-13(15-6-3-7-22-15)16-14(9-10)17(20)11-4-1-2-5-12(11)18(16)21/h3,6-9,19H,1-2,4-5H2. The smallest absolute Gasteiger partial charge is 0.190 e. The lowest BCUT2D eigenvalue weighted by Gasteiger charge is -2.25. The van der Waals surface area contributed by atoms with Gasteiger partial charge in [0.25, 0.3) is 0 Å². The van der Waals surface area contributed by atoms with Gasteiger partial charge in [-0.2, -0.15) is 0 Å². The average Bonchev–Trinajstić information content (AvgIpc) is 3.06. The topological polar surface area (TPSA) is 67.5 Å². The molecule has 0 saturated heterocycles. The van der Waals surface area contributed by atoms with Crippen molar-refractivity contribution >= 4 is 11.6 Å². The maximum Gasteiger partial charge on any atom is 0.190 e.